The second-order valence-corrected chi connectivity index (χ2v) is 5.37. The number of nitriles is 1. The molecule has 0 saturated heterocycles. The maximum Gasteiger partial charge on any atom is 0.348 e. The fraction of sp³-hybridized carbons (Fsp3) is 0.417. The van der Waals surface area contributed by atoms with Crippen LogP contribution in [0.1, 0.15) is 34.6 Å². The van der Waals surface area contributed by atoms with Gasteiger partial charge in [0.25, 0.3) is 0 Å². The second kappa shape index (κ2) is 6.55. The van der Waals surface area contributed by atoms with Crippen molar-refractivity contribution in [3.63, 3.8) is 0 Å². The molecule has 102 valence electrons. The molecule has 0 radical (unpaired) electrons. The maximum absolute atomic E-state index is 11.7. The lowest BCUT2D eigenvalue weighted by molar-refractivity contribution is -0.115. The van der Waals surface area contributed by atoms with Crippen LogP contribution in [0.2, 0.25) is 0 Å². The second-order valence-electron chi connectivity index (χ2n) is 3.70. The normalized spacial score (nSPS) is 11.5. The molecule has 0 aliphatic heterocycles. The van der Waals surface area contributed by atoms with Crippen LogP contribution in [0, 0.1) is 18.3 Å². The van der Waals surface area contributed by atoms with E-state index >= 15 is 0 Å². The van der Waals surface area contributed by atoms with Crippen molar-refractivity contribution >= 4 is 39.8 Å². The van der Waals surface area contributed by atoms with Crippen LogP contribution in [-0.2, 0) is 9.53 Å². The van der Waals surface area contributed by atoms with E-state index in [-0.39, 0.29) is 12.2 Å². The largest absolute Gasteiger partial charge is 0.462 e. The zero-order valence-electron chi connectivity index (χ0n) is 10.7. The number of anilines is 1. The van der Waals surface area contributed by atoms with Gasteiger partial charge in [0.1, 0.15) is 21.3 Å². The highest BCUT2D eigenvalue weighted by molar-refractivity contribution is 7.18. The van der Waals surface area contributed by atoms with Gasteiger partial charge in [0.05, 0.1) is 12.2 Å². The molecule has 1 heterocycles. The fourth-order valence-electron chi connectivity index (χ4n) is 1.34. The van der Waals surface area contributed by atoms with Crippen LogP contribution in [0.25, 0.3) is 0 Å². The maximum atomic E-state index is 11.7. The Morgan fingerprint density at radius 1 is 1.58 bits per heavy atom. The fourth-order valence-corrected chi connectivity index (χ4v) is 2.45. The van der Waals surface area contributed by atoms with Crippen molar-refractivity contribution in [2.45, 2.75) is 26.1 Å². The molecule has 1 atom stereocenters. The van der Waals surface area contributed by atoms with Crippen molar-refractivity contribution < 1.29 is 14.3 Å². The number of esters is 1. The Labute approximate surface area is 120 Å². The molecule has 1 aromatic heterocycles. The Kier molecular flexibility index (Phi) is 5.33. The Bertz CT molecular complexity index is 546. The average molecular weight is 301 g/mol. The predicted octanol–water partition coefficient (Wildman–Crippen LogP) is 2.67. The van der Waals surface area contributed by atoms with Gasteiger partial charge in [0.2, 0.25) is 5.91 Å². The molecule has 0 bridgehead atoms. The zero-order valence-corrected chi connectivity index (χ0v) is 12.3. The molecular formula is C12H13ClN2O3S. The van der Waals surface area contributed by atoms with Crippen molar-refractivity contribution in [2.75, 3.05) is 11.9 Å². The van der Waals surface area contributed by atoms with Gasteiger partial charge in [-0.15, -0.1) is 22.9 Å². The van der Waals surface area contributed by atoms with E-state index in [0.29, 0.717) is 15.4 Å². The van der Waals surface area contributed by atoms with Gasteiger partial charge in [0.15, 0.2) is 0 Å². The summed E-state index contributed by atoms with van der Waals surface area (Å²) >= 11 is 6.67. The molecule has 0 unspecified atom stereocenters. The Balaban J connectivity index is 3.13. The molecular weight excluding hydrogens is 288 g/mol. The molecule has 1 N–H and O–H groups in total. The van der Waals surface area contributed by atoms with E-state index in [1.807, 2.05) is 6.07 Å². The number of hydrogen-bond acceptors (Lipinski definition) is 5. The lowest BCUT2D eigenvalue weighted by Gasteiger charge is -2.03. The number of rotatable bonds is 4. The van der Waals surface area contributed by atoms with Gasteiger partial charge < -0.3 is 10.1 Å². The Morgan fingerprint density at radius 3 is 2.68 bits per heavy atom. The number of nitrogens with one attached hydrogen (secondary N) is 1. The topological polar surface area (TPSA) is 79.2 Å². The first-order valence-electron chi connectivity index (χ1n) is 5.57. The van der Waals surface area contributed by atoms with Crippen molar-refractivity contribution in [1.29, 1.82) is 5.26 Å². The van der Waals surface area contributed by atoms with E-state index in [2.05, 4.69) is 5.32 Å². The van der Waals surface area contributed by atoms with E-state index < -0.39 is 17.3 Å². The van der Waals surface area contributed by atoms with Gasteiger partial charge in [-0.3, -0.25) is 4.79 Å². The highest BCUT2D eigenvalue weighted by atomic mass is 35.5. The van der Waals surface area contributed by atoms with Gasteiger partial charge in [-0.25, -0.2) is 4.79 Å². The highest BCUT2D eigenvalue weighted by Gasteiger charge is 2.22. The molecule has 1 aromatic rings. The van der Waals surface area contributed by atoms with Gasteiger partial charge in [-0.1, -0.05) is 0 Å². The third kappa shape index (κ3) is 3.46. The summed E-state index contributed by atoms with van der Waals surface area (Å²) in [4.78, 5) is 23.6. The monoisotopic (exact) mass is 300 g/mol. The van der Waals surface area contributed by atoms with E-state index in [1.165, 1.54) is 6.92 Å². The van der Waals surface area contributed by atoms with Gasteiger partial charge >= 0.3 is 5.97 Å². The number of amides is 1. The summed E-state index contributed by atoms with van der Waals surface area (Å²) in [6, 6.07) is 1.97. The van der Waals surface area contributed by atoms with Crippen LogP contribution in [0.3, 0.4) is 0 Å². The number of ether oxygens (including phenoxy) is 1. The minimum Gasteiger partial charge on any atom is -0.462 e. The molecule has 0 saturated carbocycles. The lowest BCUT2D eigenvalue weighted by Crippen LogP contribution is -2.20. The number of hydrogen-bond donors (Lipinski definition) is 1. The van der Waals surface area contributed by atoms with E-state index in [4.69, 9.17) is 21.6 Å². The molecule has 1 rings (SSSR count). The first-order chi connectivity index (χ1) is 8.92. The molecule has 0 aliphatic carbocycles. The van der Waals surface area contributed by atoms with E-state index in [9.17, 15) is 9.59 Å². The van der Waals surface area contributed by atoms with E-state index in [0.717, 1.165) is 11.3 Å². The number of nitrogens with zero attached hydrogens (tertiary/aromatic N) is 1. The van der Waals surface area contributed by atoms with E-state index in [1.54, 1.807) is 13.8 Å². The van der Waals surface area contributed by atoms with Crippen LogP contribution in [0.4, 0.5) is 5.00 Å². The number of carbonyl (C=O) groups excluding carboxylic acids is 2. The summed E-state index contributed by atoms with van der Waals surface area (Å²) in [6.45, 7) is 5.11. The highest BCUT2D eigenvalue weighted by Crippen LogP contribution is 2.33. The van der Waals surface area contributed by atoms with Crippen LogP contribution < -0.4 is 5.32 Å². The summed E-state index contributed by atoms with van der Waals surface area (Å²) in [6.07, 6.45) is 0. The molecule has 0 spiro atoms. The SMILES string of the molecule is CCOC(=O)c1sc(NC(=O)[C@H](C)Cl)c(C#N)c1C. The number of thiophene rings is 1. The molecule has 19 heavy (non-hydrogen) atoms. The molecule has 1 amide bonds. The summed E-state index contributed by atoms with van der Waals surface area (Å²) in [5.74, 6) is -0.921. The average Bonchev–Trinajstić information content (AvgIpc) is 2.65. The van der Waals surface area contributed by atoms with Gasteiger partial charge in [0, 0.05) is 0 Å². The molecule has 0 aromatic carbocycles. The smallest absolute Gasteiger partial charge is 0.348 e. The van der Waals surface area contributed by atoms with Crippen molar-refractivity contribution in [3.05, 3.63) is 16.0 Å². The predicted molar refractivity (Wildman–Crippen MR) is 73.7 cm³/mol. The van der Waals surface area contributed by atoms with Crippen molar-refractivity contribution in [2.24, 2.45) is 0 Å². The van der Waals surface area contributed by atoms with Crippen LogP contribution in [-0.4, -0.2) is 23.9 Å². The summed E-state index contributed by atoms with van der Waals surface area (Å²) in [5.41, 5.74) is 0.766. The number of carbonyl (C=O) groups is 2. The summed E-state index contributed by atoms with van der Waals surface area (Å²) in [7, 11) is 0. The number of alkyl halides is 1. The first kappa shape index (κ1) is 15.5. The lowest BCUT2D eigenvalue weighted by atomic mass is 10.2. The van der Waals surface area contributed by atoms with Crippen molar-refractivity contribution in [3.8, 4) is 6.07 Å². The van der Waals surface area contributed by atoms with Gasteiger partial charge in [-0.2, -0.15) is 5.26 Å². The van der Waals surface area contributed by atoms with Crippen LogP contribution >= 0.6 is 22.9 Å². The third-order valence-corrected chi connectivity index (χ3v) is 3.70. The van der Waals surface area contributed by atoms with Crippen molar-refractivity contribution in [1.82, 2.24) is 0 Å². The third-order valence-electron chi connectivity index (χ3n) is 2.32. The molecule has 7 heteroatoms. The zero-order chi connectivity index (χ0) is 14.6. The summed E-state index contributed by atoms with van der Waals surface area (Å²) < 4.78 is 4.90. The minimum atomic E-state index is -0.722. The Hall–Kier alpha value is -1.58. The molecule has 0 fully saturated rings. The number of halogens is 1. The molecule has 0 aliphatic rings. The Morgan fingerprint density at radius 2 is 2.21 bits per heavy atom. The minimum absolute atomic E-state index is 0.248. The summed E-state index contributed by atoms with van der Waals surface area (Å²) in [5, 5.41) is 11.2. The standard InChI is InChI=1S/C12H13ClN2O3S/c1-4-18-12(17)9-6(2)8(5-14)11(19-9)15-10(16)7(3)13/h7H,4H2,1-3H3,(H,15,16)/t7-/m0/s1. The first-order valence-corrected chi connectivity index (χ1v) is 6.83. The van der Waals surface area contributed by atoms with Gasteiger partial charge in [-0.05, 0) is 26.3 Å². The quantitative estimate of drug-likeness (QED) is 0.685. The van der Waals surface area contributed by atoms with Crippen LogP contribution in [0.5, 0.6) is 0 Å². The van der Waals surface area contributed by atoms with Crippen LogP contribution in [0.15, 0.2) is 0 Å². The molecule has 5 nitrogen and oxygen atoms in total.